The third-order valence-corrected chi connectivity index (χ3v) is 4.62. The number of carbonyl (C=O) groups is 2. The van der Waals surface area contributed by atoms with Crippen molar-refractivity contribution < 1.29 is 14.3 Å². The number of hydrogen-bond donors (Lipinski definition) is 0. The van der Waals surface area contributed by atoms with E-state index in [-0.39, 0.29) is 17.7 Å². The molecule has 1 heterocycles. The molecule has 2 aromatic rings. The van der Waals surface area contributed by atoms with Crippen LogP contribution in [0.15, 0.2) is 54.6 Å². The van der Waals surface area contributed by atoms with E-state index in [0.717, 1.165) is 11.3 Å². The van der Waals surface area contributed by atoms with E-state index >= 15 is 0 Å². The van der Waals surface area contributed by atoms with Crippen molar-refractivity contribution in [2.24, 2.45) is 11.8 Å². The van der Waals surface area contributed by atoms with Crippen LogP contribution in [0, 0.1) is 18.8 Å². The van der Waals surface area contributed by atoms with Gasteiger partial charge in [-0.05, 0) is 19.1 Å². The van der Waals surface area contributed by atoms with Gasteiger partial charge in [-0.2, -0.15) is 0 Å². The highest BCUT2D eigenvalue weighted by molar-refractivity contribution is 6.01. The molecule has 1 aliphatic heterocycles. The lowest BCUT2D eigenvalue weighted by Gasteiger charge is -2.18. The summed E-state index contributed by atoms with van der Waals surface area (Å²) in [5.74, 6) is -1.15. The molecule has 0 radical (unpaired) electrons. The van der Waals surface area contributed by atoms with Crippen LogP contribution in [0.3, 0.4) is 0 Å². The number of methoxy groups -OCH3 is 1. The number of ether oxygens (including phenoxy) is 1. The third kappa shape index (κ3) is 3.18. The van der Waals surface area contributed by atoms with E-state index < -0.39 is 5.92 Å². The Morgan fingerprint density at radius 2 is 1.58 bits per heavy atom. The second-order valence-corrected chi connectivity index (χ2v) is 6.21. The summed E-state index contributed by atoms with van der Waals surface area (Å²) in [6.07, 6.45) is 0. The number of aryl methyl sites for hydroxylation is 1. The van der Waals surface area contributed by atoms with Gasteiger partial charge in [-0.25, -0.2) is 0 Å². The Balaban J connectivity index is 1.87. The lowest BCUT2D eigenvalue weighted by atomic mass is 9.88. The van der Waals surface area contributed by atoms with Crippen molar-refractivity contribution in [3.63, 3.8) is 0 Å². The molecule has 0 unspecified atom stereocenters. The van der Waals surface area contributed by atoms with Gasteiger partial charge in [0.05, 0.1) is 18.9 Å². The first-order chi connectivity index (χ1) is 11.6. The SMILES string of the molecule is COC(=O)[C@@H]1CN(c2ccccc2)C[C@H]1C(=O)c1ccc(C)cc1. The van der Waals surface area contributed by atoms with Gasteiger partial charge in [-0.3, -0.25) is 9.59 Å². The van der Waals surface area contributed by atoms with E-state index in [2.05, 4.69) is 4.90 Å². The number of Topliss-reactive ketones (excluding diaryl/α,β-unsaturated/α-hetero) is 1. The second-order valence-electron chi connectivity index (χ2n) is 6.21. The number of rotatable bonds is 4. The Morgan fingerprint density at radius 3 is 2.21 bits per heavy atom. The quantitative estimate of drug-likeness (QED) is 0.641. The first-order valence-corrected chi connectivity index (χ1v) is 8.09. The van der Waals surface area contributed by atoms with Crippen LogP contribution in [0.1, 0.15) is 15.9 Å². The zero-order valence-electron chi connectivity index (χ0n) is 13.9. The molecule has 0 aromatic heterocycles. The Kier molecular flexibility index (Phi) is 4.65. The Bertz CT molecular complexity index is 724. The molecule has 3 rings (SSSR count). The lowest BCUT2D eigenvalue weighted by Crippen LogP contribution is -2.29. The molecule has 1 aliphatic rings. The zero-order chi connectivity index (χ0) is 17.1. The number of anilines is 1. The molecule has 0 bridgehead atoms. The van der Waals surface area contributed by atoms with Crippen molar-refractivity contribution in [3.8, 4) is 0 Å². The van der Waals surface area contributed by atoms with Crippen molar-refractivity contribution in [1.29, 1.82) is 0 Å². The van der Waals surface area contributed by atoms with Gasteiger partial charge in [0.1, 0.15) is 0 Å². The maximum absolute atomic E-state index is 12.9. The minimum absolute atomic E-state index is 0.00355. The fourth-order valence-electron chi connectivity index (χ4n) is 3.24. The summed E-state index contributed by atoms with van der Waals surface area (Å²) in [6, 6.07) is 17.4. The van der Waals surface area contributed by atoms with Crippen LogP contribution in [0.4, 0.5) is 5.69 Å². The highest BCUT2D eigenvalue weighted by Crippen LogP contribution is 2.31. The molecule has 1 fully saturated rings. The van der Waals surface area contributed by atoms with Crippen molar-refractivity contribution in [2.75, 3.05) is 25.1 Å². The second kappa shape index (κ2) is 6.87. The third-order valence-electron chi connectivity index (χ3n) is 4.62. The molecular formula is C20H21NO3. The minimum atomic E-state index is -0.441. The van der Waals surface area contributed by atoms with Crippen molar-refractivity contribution in [3.05, 3.63) is 65.7 Å². The van der Waals surface area contributed by atoms with E-state index in [9.17, 15) is 9.59 Å². The molecule has 124 valence electrons. The Hall–Kier alpha value is -2.62. The number of ketones is 1. The van der Waals surface area contributed by atoms with Gasteiger partial charge in [-0.1, -0.05) is 48.0 Å². The number of esters is 1. The van der Waals surface area contributed by atoms with Gasteiger partial charge >= 0.3 is 5.97 Å². The van der Waals surface area contributed by atoms with E-state index in [1.807, 2.05) is 61.5 Å². The molecular weight excluding hydrogens is 302 g/mol. The summed E-state index contributed by atoms with van der Waals surface area (Å²) in [7, 11) is 1.38. The van der Waals surface area contributed by atoms with Crippen LogP contribution in [0.25, 0.3) is 0 Å². The van der Waals surface area contributed by atoms with E-state index in [4.69, 9.17) is 4.74 Å². The zero-order valence-corrected chi connectivity index (χ0v) is 13.9. The van der Waals surface area contributed by atoms with Crippen LogP contribution in [0.5, 0.6) is 0 Å². The van der Waals surface area contributed by atoms with Gasteiger partial charge < -0.3 is 9.64 Å². The van der Waals surface area contributed by atoms with E-state index in [1.54, 1.807) is 0 Å². The standard InChI is InChI=1S/C20H21NO3/c1-14-8-10-15(11-9-14)19(22)17-12-21(13-18(17)20(23)24-2)16-6-4-3-5-7-16/h3-11,17-18H,12-13H2,1-2H3/t17-,18-/m1/s1. The summed E-state index contributed by atoms with van der Waals surface area (Å²) < 4.78 is 4.94. The molecule has 0 saturated carbocycles. The summed E-state index contributed by atoms with van der Waals surface area (Å²) in [5.41, 5.74) is 2.77. The van der Waals surface area contributed by atoms with E-state index in [1.165, 1.54) is 7.11 Å². The Labute approximate surface area is 142 Å². The van der Waals surface area contributed by atoms with Crippen molar-refractivity contribution in [2.45, 2.75) is 6.92 Å². The topological polar surface area (TPSA) is 46.6 Å². The minimum Gasteiger partial charge on any atom is -0.469 e. The number of carbonyl (C=O) groups excluding carboxylic acids is 2. The number of nitrogens with zero attached hydrogens (tertiary/aromatic N) is 1. The average molecular weight is 323 g/mol. The first-order valence-electron chi connectivity index (χ1n) is 8.09. The molecule has 4 heteroatoms. The summed E-state index contributed by atoms with van der Waals surface area (Å²) in [4.78, 5) is 27.2. The molecule has 0 spiro atoms. The largest absolute Gasteiger partial charge is 0.469 e. The van der Waals surface area contributed by atoms with Crippen LogP contribution in [-0.4, -0.2) is 32.0 Å². The van der Waals surface area contributed by atoms with Crippen molar-refractivity contribution >= 4 is 17.4 Å². The molecule has 1 saturated heterocycles. The summed E-state index contributed by atoms with van der Waals surface area (Å²) >= 11 is 0. The molecule has 0 aliphatic carbocycles. The molecule has 4 nitrogen and oxygen atoms in total. The lowest BCUT2D eigenvalue weighted by molar-refractivity contribution is -0.145. The van der Waals surface area contributed by atoms with Crippen LogP contribution in [0.2, 0.25) is 0 Å². The monoisotopic (exact) mass is 323 g/mol. The fraction of sp³-hybridized carbons (Fsp3) is 0.300. The van der Waals surface area contributed by atoms with E-state index in [0.29, 0.717) is 18.7 Å². The highest BCUT2D eigenvalue weighted by atomic mass is 16.5. The van der Waals surface area contributed by atoms with Crippen LogP contribution < -0.4 is 4.90 Å². The molecule has 24 heavy (non-hydrogen) atoms. The maximum Gasteiger partial charge on any atom is 0.311 e. The van der Waals surface area contributed by atoms with Gasteiger partial charge in [0.15, 0.2) is 5.78 Å². The summed E-state index contributed by atoms with van der Waals surface area (Å²) in [5, 5.41) is 0. The normalized spacial score (nSPS) is 20.0. The number of para-hydroxylation sites is 1. The van der Waals surface area contributed by atoms with Gasteiger partial charge in [0, 0.05) is 24.3 Å². The average Bonchev–Trinajstić information content (AvgIpc) is 3.07. The van der Waals surface area contributed by atoms with Gasteiger partial charge in [0.25, 0.3) is 0 Å². The van der Waals surface area contributed by atoms with Crippen LogP contribution in [-0.2, 0) is 9.53 Å². The highest BCUT2D eigenvalue weighted by Gasteiger charge is 2.42. The molecule has 2 atom stereocenters. The molecule has 2 aromatic carbocycles. The van der Waals surface area contributed by atoms with Crippen molar-refractivity contribution in [1.82, 2.24) is 0 Å². The maximum atomic E-state index is 12.9. The predicted octanol–water partition coefficient (Wildman–Crippen LogP) is 3.10. The Morgan fingerprint density at radius 1 is 0.958 bits per heavy atom. The summed E-state index contributed by atoms with van der Waals surface area (Å²) in [6.45, 7) is 3.01. The fourth-order valence-corrected chi connectivity index (χ4v) is 3.24. The molecule has 0 amide bonds. The number of benzene rings is 2. The van der Waals surface area contributed by atoms with Gasteiger partial charge in [0.2, 0.25) is 0 Å². The molecule has 0 N–H and O–H groups in total. The predicted molar refractivity (Wildman–Crippen MR) is 93.2 cm³/mol. The van der Waals surface area contributed by atoms with Crippen LogP contribution >= 0.6 is 0 Å². The first kappa shape index (κ1) is 16.2. The smallest absolute Gasteiger partial charge is 0.311 e. The number of hydrogen-bond acceptors (Lipinski definition) is 4. The van der Waals surface area contributed by atoms with Gasteiger partial charge in [-0.15, -0.1) is 0 Å².